The van der Waals surface area contributed by atoms with Crippen LogP contribution in [0, 0.1) is 0 Å². The van der Waals surface area contributed by atoms with Crippen molar-refractivity contribution in [2.75, 3.05) is 6.61 Å². The van der Waals surface area contributed by atoms with Crippen molar-refractivity contribution in [3.63, 3.8) is 0 Å². The molecule has 0 radical (unpaired) electrons. The predicted octanol–water partition coefficient (Wildman–Crippen LogP) is 0.714. The molecule has 0 saturated carbocycles. The zero-order valence-corrected chi connectivity index (χ0v) is 11.0. The lowest BCUT2D eigenvalue weighted by molar-refractivity contribution is -0.142. The molecule has 0 aromatic heterocycles. The highest BCUT2D eigenvalue weighted by Crippen LogP contribution is 2.26. The van der Waals surface area contributed by atoms with Gasteiger partial charge in [-0.15, -0.1) is 0 Å². The van der Waals surface area contributed by atoms with Crippen LogP contribution in [0.3, 0.4) is 0 Å². The van der Waals surface area contributed by atoms with Crippen LogP contribution in [0.15, 0.2) is 18.2 Å². The van der Waals surface area contributed by atoms with Crippen LogP contribution in [0.2, 0.25) is 0 Å². The monoisotopic (exact) mass is 269 g/mol. The number of carboxylic acid groups (broad SMARTS) is 1. The first kappa shape index (κ1) is 15.3. The van der Waals surface area contributed by atoms with Crippen LogP contribution in [0.1, 0.15) is 19.4 Å². The molecule has 0 aliphatic carbocycles. The number of nitrogens with one attached hydrogen (secondary N) is 1. The van der Waals surface area contributed by atoms with Gasteiger partial charge in [0.1, 0.15) is 6.04 Å². The van der Waals surface area contributed by atoms with Gasteiger partial charge in [0, 0.05) is 6.54 Å². The molecule has 0 aliphatic rings. The summed E-state index contributed by atoms with van der Waals surface area (Å²) in [5.41, 5.74) is 0.758. The number of rotatable bonds is 7. The van der Waals surface area contributed by atoms with Gasteiger partial charge < -0.3 is 20.1 Å². The number of hydrogen-bond donors (Lipinski definition) is 4. The Hall–Kier alpha value is -1.79. The van der Waals surface area contributed by atoms with Crippen molar-refractivity contribution in [2.24, 2.45) is 0 Å². The minimum atomic E-state index is -1.11. The van der Waals surface area contributed by atoms with Crippen LogP contribution in [-0.4, -0.2) is 40.0 Å². The summed E-state index contributed by atoms with van der Waals surface area (Å²) in [5.74, 6) is -0.722. The number of phenolic OH excluding ortho intramolecular Hbond substituents is 1. The fourth-order valence-corrected chi connectivity index (χ4v) is 1.63. The summed E-state index contributed by atoms with van der Waals surface area (Å²) < 4.78 is 5.24. The average Bonchev–Trinajstić information content (AvgIpc) is 2.32. The SMILES string of the molecule is CCOc1cc(CNC(C(=O)O)C(C)O)ccc1O. The zero-order valence-electron chi connectivity index (χ0n) is 11.0. The number of phenols is 1. The molecule has 6 nitrogen and oxygen atoms in total. The van der Waals surface area contributed by atoms with Crippen molar-refractivity contribution in [1.29, 1.82) is 0 Å². The molecule has 6 heteroatoms. The summed E-state index contributed by atoms with van der Waals surface area (Å²) in [6, 6.07) is 3.74. The average molecular weight is 269 g/mol. The number of aliphatic carboxylic acids is 1. The predicted molar refractivity (Wildman–Crippen MR) is 69.2 cm³/mol. The summed E-state index contributed by atoms with van der Waals surface area (Å²) >= 11 is 0. The van der Waals surface area contributed by atoms with Crippen molar-refractivity contribution in [3.8, 4) is 11.5 Å². The van der Waals surface area contributed by atoms with Gasteiger partial charge in [0.25, 0.3) is 0 Å². The lowest BCUT2D eigenvalue weighted by Gasteiger charge is -2.17. The van der Waals surface area contributed by atoms with Gasteiger partial charge in [0.15, 0.2) is 11.5 Å². The van der Waals surface area contributed by atoms with E-state index in [9.17, 15) is 15.0 Å². The second-order valence-corrected chi connectivity index (χ2v) is 4.17. The molecule has 0 spiro atoms. The van der Waals surface area contributed by atoms with Gasteiger partial charge in [-0.1, -0.05) is 6.07 Å². The maximum absolute atomic E-state index is 10.9. The van der Waals surface area contributed by atoms with Gasteiger partial charge in [0.2, 0.25) is 0 Å². The molecule has 4 N–H and O–H groups in total. The highest BCUT2D eigenvalue weighted by molar-refractivity contribution is 5.74. The maximum atomic E-state index is 10.9. The first-order chi connectivity index (χ1) is 8.95. The molecule has 1 aromatic rings. The fourth-order valence-electron chi connectivity index (χ4n) is 1.63. The normalized spacial score (nSPS) is 13.8. The molecule has 1 aromatic carbocycles. The van der Waals surface area contributed by atoms with Crippen molar-refractivity contribution < 1.29 is 24.9 Å². The Morgan fingerprint density at radius 1 is 1.47 bits per heavy atom. The lowest BCUT2D eigenvalue weighted by atomic mass is 10.1. The molecule has 0 bridgehead atoms. The highest BCUT2D eigenvalue weighted by Gasteiger charge is 2.22. The summed E-state index contributed by atoms with van der Waals surface area (Å²) in [5, 5.41) is 30.5. The number of aliphatic hydroxyl groups is 1. The topological polar surface area (TPSA) is 99.0 Å². The number of hydrogen-bond acceptors (Lipinski definition) is 5. The summed E-state index contributed by atoms with van der Waals surface area (Å²) in [7, 11) is 0. The van der Waals surface area contributed by atoms with Crippen LogP contribution < -0.4 is 10.1 Å². The minimum absolute atomic E-state index is 0.0379. The Morgan fingerprint density at radius 2 is 2.16 bits per heavy atom. The van der Waals surface area contributed by atoms with Crippen molar-refractivity contribution in [3.05, 3.63) is 23.8 Å². The standard InChI is InChI=1S/C13H19NO5/c1-3-19-11-6-9(4-5-10(11)16)7-14-12(8(2)15)13(17)18/h4-6,8,12,14-16H,3,7H2,1-2H3,(H,17,18). The number of carbonyl (C=O) groups is 1. The first-order valence-electron chi connectivity index (χ1n) is 6.04. The molecule has 0 aliphatic heterocycles. The number of benzene rings is 1. The molecule has 19 heavy (non-hydrogen) atoms. The number of carboxylic acids is 1. The molecule has 0 fully saturated rings. The van der Waals surface area contributed by atoms with Gasteiger partial charge in [-0.25, -0.2) is 0 Å². The molecule has 2 unspecified atom stereocenters. The highest BCUT2D eigenvalue weighted by atomic mass is 16.5. The van der Waals surface area contributed by atoms with Crippen LogP contribution in [0.4, 0.5) is 0 Å². The van der Waals surface area contributed by atoms with Crippen LogP contribution >= 0.6 is 0 Å². The molecular weight excluding hydrogens is 250 g/mol. The Kier molecular flexibility index (Phi) is 5.59. The summed E-state index contributed by atoms with van der Waals surface area (Å²) in [6.45, 7) is 3.89. The quantitative estimate of drug-likeness (QED) is 0.582. The lowest BCUT2D eigenvalue weighted by Crippen LogP contribution is -2.44. The molecule has 0 heterocycles. The Morgan fingerprint density at radius 3 is 2.68 bits per heavy atom. The van der Waals surface area contributed by atoms with Crippen LogP contribution in [-0.2, 0) is 11.3 Å². The minimum Gasteiger partial charge on any atom is -0.504 e. The smallest absolute Gasteiger partial charge is 0.323 e. The molecule has 0 amide bonds. The number of aliphatic hydroxyl groups excluding tert-OH is 1. The summed E-state index contributed by atoms with van der Waals surface area (Å²) in [4.78, 5) is 10.9. The van der Waals surface area contributed by atoms with Gasteiger partial charge >= 0.3 is 5.97 Å². The number of ether oxygens (including phenoxy) is 1. The largest absolute Gasteiger partial charge is 0.504 e. The zero-order chi connectivity index (χ0) is 14.4. The summed E-state index contributed by atoms with van der Waals surface area (Å²) in [6.07, 6.45) is -0.999. The Bertz CT molecular complexity index is 433. The van der Waals surface area contributed by atoms with E-state index in [0.717, 1.165) is 5.56 Å². The van der Waals surface area contributed by atoms with Crippen LogP contribution in [0.5, 0.6) is 11.5 Å². The molecule has 106 valence electrons. The van der Waals surface area contributed by atoms with Gasteiger partial charge in [0.05, 0.1) is 12.7 Å². The van der Waals surface area contributed by atoms with Crippen molar-refractivity contribution >= 4 is 5.97 Å². The van der Waals surface area contributed by atoms with E-state index >= 15 is 0 Å². The third-order valence-electron chi connectivity index (χ3n) is 2.60. The first-order valence-corrected chi connectivity index (χ1v) is 6.04. The van der Waals surface area contributed by atoms with E-state index in [-0.39, 0.29) is 12.3 Å². The second kappa shape index (κ2) is 6.96. The van der Waals surface area contributed by atoms with E-state index in [1.165, 1.54) is 13.0 Å². The van der Waals surface area contributed by atoms with E-state index in [1.807, 2.05) is 0 Å². The molecule has 0 saturated heterocycles. The van der Waals surface area contributed by atoms with E-state index in [4.69, 9.17) is 9.84 Å². The Labute approximate surface area is 111 Å². The van der Waals surface area contributed by atoms with Crippen LogP contribution in [0.25, 0.3) is 0 Å². The van der Waals surface area contributed by atoms with Crippen molar-refractivity contribution in [1.82, 2.24) is 5.32 Å². The van der Waals surface area contributed by atoms with Gasteiger partial charge in [-0.3, -0.25) is 10.1 Å². The number of aromatic hydroxyl groups is 1. The third-order valence-corrected chi connectivity index (χ3v) is 2.60. The second-order valence-electron chi connectivity index (χ2n) is 4.17. The third kappa shape index (κ3) is 4.42. The maximum Gasteiger partial charge on any atom is 0.323 e. The van der Waals surface area contributed by atoms with E-state index in [1.54, 1.807) is 19.1 Å². The molecular formula is C13H19NO5. The fraction of sp³-hybridized carbons (Fsp3) is 0.462. The van der Waals surface area contributed by atoms with Gasteiger partial charge in [-0.05, 0) is 31.5 Å². The van der Waals surface area contributed by atoms with Gasteiger partial charge in [-0.2, -0.15) is 0 Å². The Balaban J connectivity index is 2.72. The van der Waals surface area contributed by atoms with E-state index in [2.05, 4.69) is 5.32 Å². The van der Waals surface area contributed by atoms with E-state index < -0.39 is 18.1 Å². The van der Waals surface area contributed by atoms with E-state index in [0.29, 0.717) is 12.4 Å². The van der Waals surface area contributed by atoms with Crippen molar-refractivity contribution in [2.45, 2.75) is 32.5 Å². The molecule has 1 rings (SSSR count). The molecule has 2 atom stereocenters.